The molecule has 1 aromatic heterocycles. The average Bonchev–Trinajstić information content (AvgIpc) is 3.28. The quantitative estimate of drug-likeness (QED) is 0.884. The van der Waals surface area contributed by atoms with Crippen molar-refractivity contribution >= 4 is 38.6 Å². The third-order valence-corrected chi connectivity index (χ3v) is 4.03. The van der Waals surface area contributed by atoms with E-state index in [1.807, 2.05) is 30.3 Å². The normalized spacial score (nSPS) is 14.2. The molecule has 0 radical (unpaired) electrons. The molecule has 104 valence electrons. The molecule has 1 aliphatic rings. The number of rotatable bonds is 5. The van der Waals surface area contributed by atoms with Gasteiger partial charge in [-0.05, 0) is 52.9 Å². The zero-order valence-electron chi connectivity index (χ0n) is 11.0. The Morgan fingerprint density at radius 1 is 1.30 bits per heavy atom. The van der Waals surface area contributed by atoms with Crippen molar-refractivity contribution in [1.82, 2.24) is 10.3 Å². The first-order chi connectivity index (χ1) is 9.72. The number of aromatic nitrogens is 1. The van der Waals surface area contributed by atoms with Gasteiger partial charge < -0.3 is 10.6 Å². The van der Waals surface area contributed by atoms with Gasteiger partial charge in [0.25, 0.3) is 0 Å². The minimum atomic E-state index is 0.0194. The molecule has 0 atom stereocenters. The molecular formula is C15H16BrN3O. The molecular weight excluding hydrogens is 318 g/mol. The molecule has 1 saturated carbocycles. The Kier molecular flexibility index (Phi) is 3.87. The van der Waals surface area contributed by atoms with Crippen LogP contribution in [0.1, 0.15) is 12.8 Å². The van der Waals surface area contributed by atoms with Crippen molar-refractivity contribution in [3.63, 3.8) is 0 Å². The topological polar surface area (TPSA) is 54.0 Å². The Balaban J connectivity index is 1.61. The largest absolute Gasteiger partial charge is 0.361 e. The number of pyridine rings is 1. The van der Waals surface area contributed by atoms with Crippen molar-refractivity contribution in [1.29, 1.82) is 0 Å². The summed E-state index contributed by atoms with van der Waals surface area (Å²) in [6, 6.07) is 9.84. The van der Waals surface area contributed by atoms with Gasteiger partial charge in [-0.25, -0.2) is 4.98 Å². The van der Waals surface area contributed by atoms with Crippen molar-refractivity contribution in [2.24, 2.45) is 5.92 Å². The SMILES string of the molecule is O=C(CNc1ccc2cccc(Br)c2n1)NCC1CC1. The van der Waals surface area contributed by atoms with E-state index in [1.165, 1.54) is 12.8 Å². The number of carbonyl (C=O) groups excluding carboxylic acids is 1. The van der Waals surface area contributed by atoms with E-state index in [4.69, 9.17) is 0 Å². The van der Waals surface area contributed by atoms with Crippen LogP contribution in [0.3, 0.4) is 0 Å². The van der Waals surface area contributed by atoms with Crippen molar-refractivity contribution in [2.45, 2.75) is 12.8 Å². The zero-order valence-corrected chi connectivity index (χ0v) is 12.6. The summed E-state index contributed by atoms with van der Waals surface area (Å²) in [7, 11) is 0. The third-order valence-electron chi connectivity index (χ3n) is 3.39. The second kappa shape index (κ2) is 5.79. The van der Waals surface area contributed by atoms with Gasteiger partial charge in [-0.1, -0.05) is 12.1 Å². The summed E-state index contributed by atoms with van der Waals surface area (Å²) in [6.45, 7) is 1.06. The number of benzene rings is 1. The molecule has 1 amide bonds. The lowest BCUT2D eigenvalue weighted by Crippen LogP contribution is -2.31. The lowest BCUT2D eigenvalue weighted by molar-refractivity contribution is -0.119. The predicted molar refractivity (Wildman–Crippen MR) is 83.7 cm³/mol. The highest BCUT2D eigenvalue weighted by Crippen LogP contribution is 2.27. The Labute approximate surface area is 126 Å². The molecule has 0 unspecified atom stereocenters. The van der Waals surface area contributed by atoms with Crippen LogP contribution in [0.25, 0.3) is 10.9 Å². The summed E-state index contributed by atoms with van der Waals surface area (Å²) in [5.74, 6) is 1.44. The Morgan fingerprint density at radius 2 is 2.15 bits per heavy atom. The smallest absolute Gasteiger partial charge is 0.239 e. The first-order valence-corrected chi connectivity index (χ1v) is 7.57. The van der Waals surface area contributed by atoms with Crippen LogP contribution in [0.4, 0.5) is 5.82 Å². The van der Waals surface area contributed by atoms with Crippen LogP contribution in [0.2, 0.25) is 0 Å². The molecule has 2 N–H and O–H groups in total. The maximum absolute atomic E-state index is 11.7. The standard InChI is InChI=1S/C15H16BrN3O/c16-12-3-1-2-11-6-7-13(19-15(11)12)17-9-14(20)18-8-10-4-5-10/h1-3,6-7,10H,4-5,8-9H2,(H,17,19)(H,18,20). The molecule has 0 bridgehead atoms. The second-order valence-corrected chi connectivity index (χ2v) is 5.96. The van der Waals surface area contributed by atoms with E-state index in [1.54, 1.807) is 0 Å². The number of anilines is 1. The molecule has 20 heavy (non-hydrogen) atoms. The zero-order chi connectivity index (χ0) is 13.9. The van der Waals surface area contributed by atoms with Crippen LogP contribution < -0.4 is 10.6 Å². The molecule has 1 aliphatic carbocycles. The number of hydrogen-bond donors (Lipinski definition) is 2. The summed E-state index contributed by atoms with van der Waals surface area (Å²) < 4.78 is 0.955. The number of amides is 1. The second-order valence-electron chi connectivity index (χ2n) is 5.11. The minimum absolute atomic E-state index is 0.0194. The maximum Gasteiger partial charge on any atom is 0.239 e. The van der Waals surface area contributed by atoms with Crippen LogP contribution >= 0.6 is 15.9 Å². The fraction of sp³-hybridized carbons (Fsp3) is 0.333. The van der Waals surface area contributed by atoms with Crippen LogP contribution in [-0.2, 0) is 4.79 Å². The highest BCUT2D eigenvalue weighted by molar-refractivity contribution is 9.10. The monoisotopic (exact) mass is 333 g/mol. The summed E-state index contributed by atoms with van der Waals surface area (Å²) in [5, 5.41) is 7.06. The summed E-state index contributed by atoms with van der Waals surface area (Å²) >= 11 is 3.49. The van der Waals surface area contributed by atoms with E-state index in [2.05, 4.69) is 31.5 Å². The fourth-order valence-electron chi connectivity index (χ4n) is 2.02. The third kappa shape index (κ3) is 3.28. The Bertz CT molecular complexity index is 640. The summed E-state index contributed by atoms with van der Waals surface area (Å²) in [4.78, 5) is 16.2. The van der Waals surface area contributed by atoms with Crippen molar-refractivity contribution in [2.75, 3.05) is 18.4 Å². The molecule has 0 aliphatic heterocycles. The summed E-state index contributed by atoms with van der Waals surface area (Å²) in [5.41, 5.74) is 0.899. The van der Waals surface area contributed by atoms with E-state index in [0.717, 1.165) is 21.9 Å². The molecule has 3 rings (SSSR count). The van der Waals surface area contributed by atoms with Crippen LogP contribution in [-0.4, -0.2) is 24.0 Å². The van der Waals surface area contributed by atoms with Gasteiger partial charge in [-0.3, -0.25) is 4.79 Å². The first kappa shape index (κ1) is 13.4. The number of carbonyl (C=O) groups is 1. The van der Waals surface area contributed by atoms with Crippen LogP contribution in [0, 0.1) is 5.92 Å². The summed E-state index contributed by atoms with van der Waals surface area (Å²) in [6.07, 6.45) is 2.49. The molecule has 0 spiro atoms. The van der Waals surface area contributed by atoms with E-state index in [0.29, 0.717) is 11.7 Å². The molecule has 1 aromatic carbocycles. The number of nitrogens with one attached hydrogen (secondary N) is 2. The molecule has 4 nitrogen and oxygen atoms in total. The Hall–Kier alpha value is -1.62. The van der Waals surface area contributed by atoms with Crippen molar-refractivity contribution in [3.8, 4) is 0 Å². The van der Waals surface area contributed by atoms with Crippen molar-refractivity contribution < 1.29 is 4.79 Å². The lowest BCUT2D eigenvalue weighted by Gasteiger charge is -2.08. The number of fused-ring (bicyclic) bond motifs is 1. The van der Waals surface area contributed by atoms with Gasteiger partial charge in [0, 0.05) is 16.4 Å². The van der Waals surface area contributed by atoms with E-state index in [-0.39, 0.29) is 12.5 Å². The number of nitrogens with zero attached hydrogens (tertiary/aromatic N) is 1. The fourth-order valence-corrected chi connectivity index (χ4v) is 2.49. The maximum atomic E-state index is 11.7. The number of para-hydroxylation sites is 1. The van der Waals surface area contributed by atoms with Gasteiger partial charge in [0.15, 0.2) is 0 Å². The van der Waals surface area contributed by atoms with E-state index < -0.39 is 0 Å². The van der Waals surface area contributed by atoms with E-state index in [9.17, 15) is 4.79 Å². The predicted octanol–water partition coefficient (Wildman–Crippen LogP) is 2.94. The van der Waals surface area contributed by atoms with Gasteiger partial charge in [-0.2, -0.15) is 0 Å². The van der Waals surface area contributed by atoms with Gasteiger partial charge in [-0.15, -0.1) is 0 Å². The van der Waals surface area contributed by atoms with Gasteiger partial charge in [0.2, 0.25) is 5.91 Å². The van der Waals surface area contributed by atoms with Gasteiger partial charge >= 0.3 is 0 Å². The van der Waals surface area contributed by atoms with Gasteiger partial charge in [0.05, 0.1) is 12.1 Å². The van der Waals surface area contributed by atoms with Crippen LogP contribution in [0.5, 0.6) is 0 Å². The number of hydrogen-bond acceptors (Lipinski definition) is 3. The molecule has 1 heterocycles. The molecule has 5 heteroatoms. The Morgan fingerprint density at radius 3 is 2.95 bits per heavy atom. The highest BCUT2D eigenvalue weighted by Gasteiger charge is 2.21. The lowest BCUT2D eigenvalue weighted by atomic mass is 10.2. The first-order valence-electron chi connectivity index (χ1n) is 6.78. The van der Waals surface area contributed by atoms with Crippen molar-refractivity contribution in [3.05, 3.63) is 34.8 Å². The van der Waals surface area contributed by atoms with Crippen LogP contribution in [0.15, 0.2) is 34.8 Å². The van der Waals surface area contributed by atoms with E-state index >= 15 is 0 Å². The minimum Gasteiger partial charge on any atom is -0.361 e. The highest BCUT2D eigenvalue weighted by atomic mass is 79.9. The number of halogens is 1. The average molecular weight is 334 g/mol. The molecule has 2 aromatic rings. The molecule has 0 saturated heterocycles. The van der Waals surface area contributed by atoms with Gasteiger partial charge in [0.1, 0.15) is 5.82 Å². The molecule has 1 fully saturated rings.